The van der Waals surface area contributed by atoms with Crippen LogP contribution in [-0.4, -0.2) is 21.3 Å². The minimum atomic E-state index is -0.815. The van der Waals surface area contributed by atoms with Crippen molar-refractivity contribution in [1.29, 1.82) is 0 Å². The third kappa shape index (κ3) is 3.07. The fraction of sp³-hybridized carbons (Fsp3) is 0.312. The van der Waals surface area contributed by atoms with Crippen LogP contribution >= 0.6 is 0 Å². The monoisotopic (exact) mass is 288 g/mol. The molecule has 0 bridgehead atoms. The van der Waals surface area contributed by atoms with Crippen molar-refractivity contribution in [2.75, 3.05) is 0 Å². The number of aromatic nitrogens is 2. The summed E-state index contributed by atoms with van der Waals surface area (Å²) in [7, 11) is 1.74. The van der Waals surface area contributed by atoms with Gasteiger partial charge in [-0.3, -0.25) is 14.3 Å². The molecule has 1 heterocycles. The highest BCUT2D eigenvalue weighted by atomic mass is 19.1. The van der Waals surface area contributed by atoms with E-state index in [2.05, 4.69) is 5.10 Å². The van der Waals surface area contributed by atoms with E-state index in [0.717, 1.165) is 0 Å². The first-order chi connectivity index (χ1) is 9.93. The van der Waals surface area contributed by atoms with Crippen molar-refractivity contribution in [3.8, 4) is 0 Å². The van der Waals surface area contributed by atoms with E-state index in [1.807, 2.05) is 6.92 Å². The maximum Gasteiger partial charge on any atom is 0.176 e. The molecule has 0 aliphatic carbocycles. The summed E-state index contributed by atoms with van der Waals surface area (Å²) in [5.41, 5.74) is 1.49. The number of nitrogens with zero attached hydrogens (tertiary/aromatic N) is 2. The second-order valence-corrected chi connectivity index (χ2v) is 4.97. The first-order valence-corrected chi connectivity index (χ1v) is 6.80. The summed E-state index contributed by atoms with van der Waals surface area (Å²) in [4.78, 5) is 24.8. The molecule has 1 aromatic heterocycles. The summed E-state index contributed by atoms with van der Waals surface area (Å²) in [5.74, 6) is -1.80. The topological polar surface area (TPSA) is 52.0 Å². The Kier molecular flexibility index (Phi) is 4.31. The molecule has 1 aromatic carbocycles. The zero-order valence-electron chi connectivity index (χ0n) is 12.3. The van der Waals surface area contributed by atoms with E-state index in [0.29, 0.717) is 23.2 Å². The van der Waals surface area contributed by atoms with Crippen molar-refractivity contribution in [2.24, 2.45) is 13.0 Å². The first kappa shape index (κ1) is 15.1. The average molecular weight is 288 g/mol. The van der Waals surface area contributed by atoms with Gasteiger partial charge in [0, 0.05) is 18.8 Å². The standard InChI is InChI=1S/C16H17FN2O2/c1-4-14-13(9-19(3)18-14)16(21)10(2)15(20)11-5-7-12(17)8-6-11/h5-10H,4H2,1-3H3. The van der Waals surface area contributed by atoms with E-state index in [9.17, 15) is 14.0 Å². The molecule has 0 fully saturated rings. The van der Waals surface area contributed by atoms with Crippen LogP contribution < -0.4 is 0 Å². The summed E-state index contributed by atoms with van der Waals surface area (Å²) >= 11 is 0. The number of carbonyl (C=O) groups is 2. The number of Topliss-reactive ketones (excluding diaryl/α,β-unsaturated/α-hetero) is 2. The lowest BCUT2D eigenvalue weighted by molar-refractivity contribution is 0.0820. The molecule has 21 heavy (non-hydrogen) atoms. The molecule has 0 saturated carbocycles. The molecule has 0 radical (unpaired) electrons. The Hall–Kier alpha value is -2.30. The van der Waals surface area contributed by atoms with Crippen LogP contribution in [0.15, 0.2) is 30.5 Å². The molecular weight excluding hydrogens is 271 g/mol. The molecule has 0 spiro atoms. The summed E-state index contributed by atoms with van der Waals surface area (Å²) < 4.78 is 14.5. The molecule has 2 rings (SSSR count). The van der Waals surface area contributed by atoms with Gasteiger partial charge in [0.1, 0.15) is 5.82 Å². The Bertz CT molecular complexity index is 674. The van der Waals surface area contributed by atoms with E-state index in [-0.39, 0.29) is 11.6 Å². The zero-order valence-corrected chi connectivity index (χ0v) is 12.3. The van der Waals surface area contributed by atoms with E-state index in [1.165, 1.54) is 24.3 Å². The van der Waals surface area contributed by atoms with Crippen LogP contribution in [0, 0.1) is 11.7 Å². The van der Waals surface area contributed by atoms with E-state index < -0.39 is 11.7 Å². The van der Waals surface area contributed by atoms with Gasteiger partial charge in [0.15, 0.2) is 11.6 Å². The van der Waals surface area contributed by atoms with Crippen molar-refractivity contribution in [1.82, 2.24) is 9.78 Å². The molecule has 1 unspecified atom stereocenters. The number of halogens is 1. The van der Waals surface area contributed by atoms with Gasteiger partial charge >= 0.3 is 0 Å². The molecule has 4 nitrogen and oxygen atoms in total. The van der Waals surface area contributed by atoms with E-state index in [4.69, 9.17) is 0 Å². The predicted molar refractivity (Wildman–Crippen MR) is 76.8 cm³/mol. The van der Waals surface area contributed by atoms with Crippen LogP contribution in [0.25, 0.3) is 0 Å². The second kappa shape index (κ2) is 5.99. The summed E-state index contributed by atoms with van der Waals surface area (Å²) in [6, 6.07) is 5.22. The average Bonchev–Trinajstić information content (AvgIpc) is 2.86. The van der Waals surface area contributed by atoms with Crippen LogP contribution in [0.5, 0.6) is 0 Å². The van der Waals surface area contributed by atoms with Gasteiger partial charge < -0.3 is 0 Å². The minimum Gasteiger partial charge on any atom is -0.293 e. The Morgan fingerprint density at radius 1 is 1.24 bits per heavy atom. The Morgan fingerprint density at radius 3 is 2.43 bits per heavy atom. The number of benzene rings is 1. The summed E-state index contributed by atoms with van der Waals surface area (Å²) in [6.45, 7) is 3.48. The molecule has 0 aliphatic heterocycles. The Labute approximate surface area is 122 Å². The maximum atomic E-state index is 12.9. The van der Waals surface area contributed by atoms with Crippen LogP contribution in [0.3, 0.4) is 0 Å². The highest BCUT2D eigenvalue weighted by Crippen LogP contribution is 2.18. The lowest BCUT2D eigenvalue weighted by atomic mass is 9.91. The third-order valence-corrected chi connectivity index (χ3v) is 3.42. The number of carbonyl (C=O) groups excluding carboxylic acids is 2. The maximum absolute atomic E-state index is 12.9. The van der Waals surface area contributed by atoms with Crippen LogP contribution in [0.2, 0.25) is 0 Å². The molecule has 5 heteroatoms. The van der Waals surface area contributed by atoms with Crippen LogP contribution in [0.1, 0.15) is 40.3 Å². The van der Waals surface area contributed by atoms with E-state index >= 15 is 0 Å². The lowest BCUT2D eigenvalue weighted by Crippen LogP contribution is -2.22. The first-order valence-electron chi connectivity index (χ1n) is 6.80. The highest BCUT2D eigenvalue weighted by molar-refractivity contribution is 6.16. The SMILES string of the molecule is CCc1nn(C)cc1C(=O)C(C)C(=O)c1ccc(F)cc1. The largest absolute Gasteiger partial charge is 0.293 e. The Morgan fingerprint density at radius 2 is 1.86 bits per heavy atom. The van der Waals surface area contributed by atoms with Gasteiger partial charge in [0.2, 0.25) is 0 Å². The second-order valence-electron chi connectivity index (χ2n) is 4.97. The van der Waals surface area contributed by atoms with Crippen LogP contribution in [-0.2, 0) is 13.5 Å². The van der Waals surface area contributed by atoms with Gasteiger partial charge in [0.25, 0.3) is 0 Å². The Balaban J connectivity index is 2.26. The number of hydrogen-bond donors (Lipinski definition) is 0. The lowest BCUT2D eigenvalue weighted by Gasteiger charge is -2.09. The molecule has 0 amide bonds. The van der Waals surface area contributed by atoms with Crippen molar-refractivity contribution >= 4 is 11.6 Å². The predicted octanol–water partition coefficient (Wildman–Crippen LogP) is 2.82. The van der Waals surface area contributed by atoms with Gasteiger partial charge in [-0.2, -0.15) is 5.10 Å². The van der Waals surface area contributed by atoms with Gasteiger partial charge in [-0.05, 0) is 37.6 Å². The fourth-order valence-corrected chi connectivity index (χ4v) is 2.22. The van der Waals surface area contributed by atoms with Gasteiger partial charge in [-0.25, -0.2) is 4.39 Å². The number of rotatable bonds is 5. The van der Waals surface area contributed by atoms with Gasteiger partial charge in [-0.1, -0.05) is 6.92 Å². The minimum absolute atomic E-state index is 0.255. The summed E-state index contributed by atoms with van der Waals surface area (Å²) in [5, 5.41) is 4.21. The zero-order chi connectivity index (χ0) is 15.6. The number of ketones is 2. The summed E-state index contributed by atoms with van der Waals surface area (Å²) in [6.07, 6.45) is 2.26. The van der Waals surface area contributed by atoms with Crippen molar-refractivity contribution in [2.45, 2.75) is 20.3 Å². The molecule has 110 valence electrons. The molecule has 0 aliphatic rings. The molecule has 0 N–H and O–H groups in total. The van der Waals surface area contributed by atoms with Gasteiger partial charge in [0.05, 0.1) is 17.2 Å². The number of hydrogen-bond acceptors (Lipinski definition) is 3. The third-order valence-electron chi connectivity index (χ3n) is 3.42. The van der Waals surface area contributed by atoms with E-state index in [1.54, 1.807) is 24.9 Å². The normalized spacial score (nSPS) is 12.2. The van der Waals surface area contributed by atoms with Crippen molar-refractivity contribution in [3.05, 3.63) is 53.1 Å². The highest BCUT2D eigenvalue weighted by Gasteiger charge is 2.26. The van der Waals surface area contributed by atoms with Gasteiger partial charge in [-0.15, -0.1) is 0 Å². The van der Waals surface area contributed by atoms with Crippen LogP contribution in [0.4, 0.5) is 4.39 Å². The fourth-order valence-electron chi connectivity index (χ4n) is 2.22. The molecule has 1 atom stereocenters. The van der Waals surface area contributed by atoms with Crippen molar-refractivity contribution in [3.63, 3.8) is 0 Å². The molecule has 0 saturated heterocycles. The smallest absolute Gasteiger partial charge is 0.176 e. The number of aryl methyl sites for hydroxylation is 2. The molecule has 2 aromatic rings. The molecular formula is C16H17FN2O2. The quantitative estimate of drug-likeness (QED) is 0.628. The van der Waals surface area contributed by atoms with Crippen molar-refractivity contribution < 1.29 is 14.0 Å².